The summed E-state index contributed by atoms with van der Waals surface area (Å²) in [5.74, 6) is 0. The smallest absolute Gasteiger partial charge is 0.216 e. The van der Waals surface area contributed by atoms with Gasteiger partial charge < -0.3 is 14.8 Å². The molecule has 4 aliphatic heterocycles. The first-order valence-corrected chi connectivity index (χ1v) is 7.62. The fourth-order valence-electron chi connectivity index (χ4n) is 2.72. The van der Waals surface area contributed by atoms with Crippen molar-refractivity contribution in [2.24, 2.45) is 9.98 Å². The number of aromatic nitrogens is 1. The van der Waals surface area contributed by atoms with Crippen molar-refractivity contribution < 1.29 is 0 Å². The van der Waals surface area contributed by atoms with Crippen molar-refractivity contribution in [2.75, 3.05) is 0 Å². The summed E-state index contributed by atoms with van der Waals surface area (Å²) in [7, 11) is 0. The first kappa shape index (κ1) is 13.1. The van der Waals surface area contributed by atoms with E-state index < -0.39 is 0 Å². The van der Waals surface area contributed by atoms with E-state index in [1.165, 1.54) is 0 Å². The molecule has 0 fully saturated rings. The molecule has 2 radical (unpaired) electrons. The third-order valence-electron chi connectivity index (χ3n) is 3.80. The molecule has 0 N–H and O–H groups in total. The van der Waals surface area contributed by atoms with Gasteiger partial charge in [0.15, 0.2) is 0 Å². The molecule has 0 saturated carbocycles. The third kappa shape index (κ3) is 2.46. The lowest BCUT2D eigenvalue weighted by molar-refractivity contribution is 0.488. The Hall–Kier alpha value is -3.34. The molecule has 4 aliphatic rings. The van der Waals surface area contributed by atoms with Gasteiger partial charge in [-0.2, -0.15) is 0 Å². The summed E-state index contributed by atoms with van der Waals surface area (Å²) >= 11 is 0. The van der Waals surface area contributed by atoms with Crippen molar-refractivity contribution >= 4 is 23.6 Å². The summed E-state index contributed by atoms with van der Waals surface area (Å²) in [5, 5.41) is 1.78. The summed E-state index contributed by atoms with van der Waals surface area (Å²) in [5.41, 5.74) is 3.52. The number of rotatable bonds is 0. The molecule has 5 heteroatoms. The van der Waals surface area contributed by atoms with Gasteiger partial charge in [-0.1, -0.05) is 24.3 Å². The number of hydrogen-bond acceptors (Lipinski definition) is 4. The molecule has 1 aromatic rings. The van der Waals surface area contributed by atoms with Crippen LogP contribution < -0.4 is 15.7 Å². The average Bonchev–Trinajstić information content (AvgIpc) is 3.32. The molecule has 24 heavy (non-hydrogen) atoms. The maximum Gasteiger partial charge on any atom is 0.216 e. The van der Waals surface area contributed by atoms with Gasteiger partial charge in [-0.15, -0.1) is 10.7 Å². The second-order valence-corrected chi connectivity index (χ2v) is 5.64. The van der Waals surface area contributed by atoms with E-state index in [-0.39, 0.29) is 0 Å². The molecule has 0 atom stereocenters. The highest BCUT2D eigenvalue weighted by Crippen LogP contribution is 2.19. The number of nitrogens with zero attached hydrogens (tertiary/aromatic N) is 5. The predicted octanol–water partition coefficient (Wildman–Crippen LogP) is 1.01. The zero-order chi connectivity index (χ0) is 15.9. The Morgan fingerprint density at radius 2 is 1.29 bits per heavy atom. The van der Waals surface area contributed by atoms with Crippen molar-refractivity contribution in [1.29, 1.82) is 0 Å². The second kappa shape index (κ2) is 5.09. The fourth-order valence-corrected chi connectivity index (χ4v) is 2.72. The second-order valence-electron chi connectivity index (χ2n) is 5.64. The van der Waals surface area contributed by atoms with Gasteiger partial charge in [-0.25, -0.2) is 9.98 Å². The average molecular weight is 310 g/mol. The lowest BCUT2D eigenvalue weighted by atomic mass is 10.3. The normalized spacial score (nSPS) is 20.5. The Balaban J connectivity index is 1.65. The first-order chi connectivity index (χ1) is 11.8. The summed E-state index contributed by atoms with van der Waals surface area (Å²) in [6.07, 6.45) is 19.6. The zero-order valence-corrected chi connectivity index (χ0v) is 12.7. The highest BCUT2D eigenvalue weighted by atomic mass is 15.3. The van der Waals surface area contributed by atoms with Crippen LogP contribution in [0.25, 0.3) is 12.2 Å². The molecule has 0 aromatic carbocycles. The van der Waals surface area contributed by atoms with E-state index in [1.807, 2.05) is 83.2 Å². The molecule has 0 unspecified atom stereocenters. The van der Waals surface area contributed by atoms with E-state index in [0.29, 0.717) is 0 Å². The Morgan fingerprint density at radius 1 is 0.750 bits per heavy atom. The van der Waals surface area contributed by atoms with E-state index in [2.05, 4.69) is 21.6 Å². The van der Waals surface area contributed by atoms with Gasteiger partial charge in [0.25, 0.3) is 0 Å². The van der Waals surface area contributed by atoms with Crippen LogP contribution in [0, 0.1) is 6.67 Å². The Bertz CT molecular complexity index is 959. The molecule has 0 aliphatic carbocycles. The molecule has 5 nitrogen and oxygen atoms in total. The largest absolute Gasteiger partial charge is 0.658 e. The van der Waals surface area contributed by atoms with E-state index in [4.69, 9.17) is 0 Å². The minimum atomic E-state index is 0.874. The van der Waals surface area contributed by atoms with E-state index in [1.54, 1.807) is 0 Å². The van der Waals surface area contributed by atoms with Crippen LogP contribution in [0.3, 0.4) is 0 Å². The molecule has 5 rings (SSSR count). The SMILES string of the molecule is [C]1N2C=CN1C=C1C=CC(=N1)C=c1ccc([n-]1)=CC1=NC(=C2)C=C1. The minimum absolute atomic E-state index is 0.874. The van der Waals surface area contributed by atoms with Crippen molar-refractivity contribution in [3.63, 3.8) is 0 Å². The summed E-state index contributed by atoms with van der Waals surface area (Å²) in [6.45, 7) is 3.20. The maximum absolute atomic E-state index is 4.59. The van der Waals surface area contributed by atoms with Gasteiger partial charge in [0.1, 0.15) is 0 Å². The quantitative estimate of drug-likeness (QED) is 0.718. The minimum Gasteiger partial charge on any atom is -0.658 e. The van der Waals surface area contributed by atoms with Gasteiger partial charge in [0.05, 0.1) is 22.8 Å². The number of aliphatic imine (C=N–C) groups is 2. The van der Waals surface area contributed by atoms with Crippen molar-refractivity contribution in [2.45, 2.75) is 0 Å². The molecule has 8 bridgehead atoms. The number of hydrogen-bond donors (Lipinski definition) is 0. The van der Waals surface area contributed by atoms with Crippen LogP contribution in [0.2, 0.25) is 0 Å². The van der Waals surface area contributed by atoms with Crippen LogP contribution in [0.5, 0.6) is 0 Å². The van der Waals surface area contributed by atoms with Crippen LogP contribution in [0.4, 0.5) is 0 Å². The summed E-state index contributed by atoms with van der Waals surface area (Å²) in [4.78, 5) is 17.5. The lowest BCUT2D eigenvalue weighted by Gasteiger charge is -2.12. The monoisotopic (exact) mass is 310 g/mol. The Kier molecular flexibility index (Phi) is 2.79. The van der Waals surface area contributed by atoms with Crippen LogP contribution in [0.1, 0.15) is 0 Å². The Morgan fingerprint density at radius 3 is 1.83 bits per heavy atom. The predicted molar refractivity (Wildman–Crippen MR) is 93.3 cm³/mol. The van der Waals surface area contributed by atoms with Gasteiger partial charge in [0.2, 0.25) is 6.67 Å². The Labute approximate surface area is 139 Å². The van der Waals surface area contributed by atoms with Gasteiger partial charge in [-0.05, 0) is 24.3 Å². The zero-order valence-electron chi connectivity index (χ0n) is 12.7. The van der Waals surface area contributed by atoms with E-state index in [0.717, 1.165) is 33.5 Å². The van der Waals surface area contributed by atoms with Crippen LogP contribution in [0.15, 0.2) is 82.6 Å². The highest BCUT2D eigenvalue weighted by molar-refractivity contribution is 6.20. The van der Waals surface area contributed by atoms with Gasteiger partial charge >= 0.3 is 0 Å². The van der Waals surface area contributed by atoms with Crippen LogP contribution in [-0.4, -0.2) is 21.2 Å². The molecule has 1 aromatic heterocycles. The van der Waals surface area contributed by atoms with E-state index >= 15 is 0 Å². The van der Waals surface area contributed by atoms with Gasteiger partial charge in [0, 0.05) is 24.8 Å². The lowest BCUT2D eigenvalue weighted by Crippen LogP contribution is -2.15. The van der Waals surface area contributed by atoms with Gasteiger partial charge in [-0.3, -0.25) is 0 Å². The van der Waals surface area contributed by atoms with Crippen molar-refractivity contribution in [3.05, 3.63) is 90.0 Å². The molecule has 0 spiro atoms. The molecule has 114 valence electrons. The third-order valence-corrected chi connectivity index (χ3v) is 3.80. The molecular weight excluding hydrogens is 298 g/mol. The molecular formula is C19H12N5-. The van der Waals surface area contributed by atoms with Crippen molar-refractivity contribution in [1.82, 2.24) is 14.8 Å². The summed E-state index contributed by atoms with van der Waals surface area (Å²) in [6, 6.07) is 3.97. The topological polar surface area (TPSA) is 45.3 Å². The number of fused-ring (bicyclic) bond motifs is 6. The number of allylic oxidation sites excluding steroid dienone is 4. The molecule has 0 amide bonds. The highest BCUT2D eigenvalue weighted by Gasteiger charge is 2.14. The van der Waals surface area contributed by atoms with Crippen molar-refractivity contribution in [3.8, 4) is 0 Å². The fraction of sp³-hybridized carbons (Fsp3) is 0. The summed E-state index contributed by atoms with van der Waals surface area (Å²) < 4.78 is 0. The van der Waals surface area contributed by atoms with Crippen LogP contribution >= 0.6 is 0 Å². The molecule has 5 heterocycles. The molecule has 0 saturated heterocycles. The maximum atomic E-state index is 4.59. The van der Waals surface area contributed by atoms with E-state index in [9.17, 15) is 0 Å². The van der Waals surface area contributed by atoms with Crippen LogP contribution in [-0.2, 0) is 0 Å². The first-order valence-electron chi connectivity index (χ1n) is 7.62. The standard InChI is InChI=1S/C19H12N5/c1-2-15-10-17-4-6-19(22-17)12-24-8-7-23(13-24)11-18-5-3-16(21-18)9-14(1)20-15/h1-12H/q-1.